The molecular formula is C12H18ClN5O2. The highest BCUT2D eigenvalue weighted by Gasteiger charge is 2.17. The lowest BCUT2D eigenvalue weighted by atomic mass is 10.3. The van der Waals surface area contributed by atoms with Crippen molar-refractivity contribution in [1.82, 2.24) is 14.8 Å². The number of hydrogen-bond donors (Lipinski definition) is 1. The van der Waals surface area contributed by atoms with E-state index in [1.165, 1.54) is 12.3 Å². The van der Waals surface area contributed by atoms with E-state index in [0.717, 1.165) is 32.7 Å². The summed E-state index contributed by atoms with van der Waals surface area (Å²) in [6.07, 6.45) is 1.41. The predicted octanol–water partition coefficient (Wildman–Crippen LogP) is 1.30. The van der Waals surface area contributed by atoms with Gasteiger partial charge in [0.05, 0.1) is 9.95 Å². The molecule has 0 aliphatic carbocycles. The van der Waals surface area contributed by atoms with Crippen LogP contribution in [0.25, 0.3) is 0 Å². The second-order valence-corrected chi connectivity index (χ2v) is 5.29. The van der Waals surface area contributed by atoms with Gasteiger partial charge in [-0.1, -0.05) is 11.6 Å². The van der Waals surface area contributed by atoms with E-state index in [-0.39, 0.29) is 16.5 Å². The van der Waals surface area contributed by atoms with Crippen molar-refractivity contribution in [2.75, 3.05) is 51.6 Å². The van der Waals surface area contributed by atoms with Gasteiger partial charge >= 0.3 is 5.69 Å². The molecule has 2 rings (SSSR count). The zero-order valence-electron chi connectivity index (χ0n) is 11.4. The normalized spacial score (nSPS) is 17.1. The minimum absolute atomic E-state index is 0.0872. The number of halogens is 1. The lowest BCUT2D eigenvalue weighted by molar-refractivity contribution is -0.384. The van der Waals surface area contributed by atoms with Crippen LogP contribution in [0.5, 0.6) is 0 Å². The Hall–Kier alpha value is -1.44. The van der Waals surface area contributed by atoms with Crippen LogP contribution in [0.3, 0.4) is 0 Å². The highest BCUT2D eigenvalue weighted by molar-refractivity contribution is 6.30. The Kier molecular flexibility index (Phi) is 5.11. The second-order valence-electron chi connectivity index (χ2n) is 4.85. The van der Waals surface area contributed by atoms with E-state index in [9.17, 15) is 10.1 Å². The summed E-state index contributed by atoms with van der Waals surface area (Å²) in [6.45, 7) is 5.62. The molecule has 1 aliphatic heterocycles. The van der Waals surface area contributed by atoms with Crippen LogP contribution >= 0.6 is 11.6 Å². The summed E-state index contributed by atoms with van der Waals surface area (Å²) >= 11 is 5.72. The molecular weight excluding hydrogens is 282 g/mol. The number of likely N-dealkylation sites (N-methyl/N-ethyl adjacent to an activating group) is 1. The van der Waals surface area contributed by atoms with Gasteiger partial charge < -0.3 is 10.2 Å². The van der Waals surface area contributed by atoms with Crippen molar-refractivity contribution in [3.8, 4) is 0 Å². The fourth-order valence-electron chi connectivity index (χ4n) is 2.11. The van der Waals surface area contributed by atoms with Gasteiger partial charge in [0.2, 0.25) is 5.82 Å². The number of pyridine rings is 1. The molecule has 2 heterocycles. The zero-order valence-corrected chi connectivity index (χ0v) is 12.1. The Bertz CT molecular complexity index is 477. The van der Waals surface area contributed by atoms with E-state index < -0.39 is 4.92 Å². The van der Waals surface area contributed by atoms with E-state index >= 15 is 0 Å². The summed E-state index contributed by atoms with van der Waals surface area (Å²) < 4.78 is 0. The summed E-state index contributed by atoms with van der Waals surface area (Å²) in [5, 5.41) is 14.2. The maximum absolute atomic E-state index is 10.9. The van der Waals surface area contributed by atoms with Crippen molar-refractivity contribution in [3.05, 3.63) is 27.4 Å². The number of aromatic nitrogens is 1. The summed E-state index contributed by atoms with van der Waals surface area (Å²) in [4.78, 5) is 19.0. The molecule has 1 aromatic rings. The van der Waals surface area contributed by atoms with E-state index in [0.29, 0.717) is 6.54 Å². The Morgan fingerprint density at radius 1 is 1.45 bits per heavy atom. The summed E-state index contributed by atoms with van der Waals surface area (Å²) in [7, 11) is 2.11. The first-order chi connectivity index (χ1) is 9.56. The van der Waals surface area contributed by atoms with Crippen LogP contribution in [-0.2, 0) is 0 Å². The van der Waals surface area contributed by atoms with Crippen LogP contribution in [0, 0.1) is 10.1 Å². The fraction of sp³-hybridized carbons (Fsp3) is 0.583. The minimum atomic E-state index is -0.475. The lowest BCUT2D eigenvalue weighted by Gasteiger charge is -2.32. The molecule has 0 amide bonds. The van der Waals surface area contributed by atoms with Gasteiger partial charge in [-0.15, -0.1) is 0 Å². The standard InChI is InChI=1S/C12H18ClN5O2/c1-16-4-6-17(7-5-16)3-2-14-12-11(18(19)20)8-10(13)9-15-12/h8-9H,2-7H2,1H3,(H,14,15). The van der Waals surface area contributed by atoms with Crippen LogP contribution in [0.2, 0.25) is 5.02 Å². The van der Waals surface area contributed by atoms with Crippen LogP contribution in [-0.4, -0.2) is 66.0 Å². The number of nitro groups is 1. The molecule has 110 valence electrons. The van der Waals surface area contributed by atoms with Crippen molar-refractivity contribution < 1.29 is 4.92 Å². The molecule has 1 fully saturated rings. The third kappa shape index (κ3) is 4.03. The molecule has 0 saturated carbocycles. The van der Waals surface area contributed by atoms with Gasteiger partial charge in [-0.05, 0) is 7.05 Å². The molecule has 20 heavy (non-hydrogen) atoms. The number of nitrogens with one attached hydrogen (secondary N) is 1. The quantitative estimate of drug-likeness (QED) is 0.652. The Labute approximate surface area is 122 Å². The summed E-state index contributed by atoms with van der Waals surface area (Å²) in [5.74, 6) is 0.272. The molecule has 0 atom stereocenters. The third-order valence-electron chi connectivity index (χ3n) is 3.35. The van der Waals surface area contributed by atoms with Crippen molar-refractivity contribution in [2.45, 2.75) is 0 Å². The van der Waals surface area contributed by atoms with Crippen molar-refractivity contribution >= 4 is 23.1 Å². The van der Waals surface area contributed by atoms with Crippen LogP contribution in [0.1, 0.15) is 0 Å². The molecule has 1 aliphatic rings. The fourth-order valence-corrected chi connectivity index (χ4v) is 2.26. The SMILES string of the molecule is CN1CCN(CCNc2ncc(Cl)cc2[N+](=O)[O-])CC1. The van der Waals surface area contributed by atoms with Crippen molar-refractivity contribution in [1.29, 1.82) is 0 Å². The van der Waals surface area contributed by atoms with Gasteiger partial charge in [0.1, 0.15) is 0 Å². The Morgan fingerprint density at radius 2 is 2.15 bits per heavy atom. The van der Waals surface area contributed by atoms with Gasteiger partial charge in [-0.3, -0.25) is 15.0 Å². The average molecular weight is 300 g/mol. The Balaban J connectivity index is 1.86. The maximum Gasteiger partial charge on any atom is 0.312 e. The number of rotatable bonds is 5. The molecule has 1 aromatic heterocycles. The van der Waals surface area contributed by atoms with Crippen LogP contribution in [0.15, 0.2) is 12.3 Å². The molecule has 0 bridgehead atoms. The van der Waals surface area contributed by atoms with E-state index in [2.05, 4.69) is 27.1 Å². The molecule has 8 heteroatoms. The third-order valence-corrected chi connectivity index (χ3v) is 3.55. The van der Waals surface area contributed by atoms with E-state index in [4.69, 9.17) is 11.6 Å². The van der Waals surface area contributed by atoms with Crippen molar-refractivity contribution in [2.24, 2.45) is 0 Å². The first-order valence-corrected chi connectivity index (χ1v) is 6.89. The average Bonchev–Trinajstić information content (AvgIpc) is 2.42. The highest BCUT2D eigenvalue weighted by atomic mass is 35.5. The van der Waals surface area contributed by atoms with Gasteiger partial charge in [0.25, 0.3) is 0 Å². The van der Waals surface area contributed by atoms with Crippen molar-refractivity contribution in [3.63, 3.8) is 0 Å². The molecule has 0 aromatic carbocycles. The number of hydrogen-bond acceptors (Lipinski definition) is 6. The molecule has 1 N–H and O–H groups in total. The summed E-state index contributed by atoms with van der Waals surface area (Å²) in [6, 6.07) is 1.31. The van der Waals surface area contributed by atoms with Crippen LogP contribution in [0.4, 0.5) is 11.5 Å². The Morgan fingerprint density at radius 3 is 2.80 bits per heavy atom. The number of nitrogens with zero attached hydrogens (tertiary/aromatic N) is 4. The van der Waals surface area contributed by atoms with Crippen LogP contribution < -0.4 is 5.32 Å². The van der Waals surface area contributed by atoms with Gasteiger partial charge in [0, 0.05) is 51.5 Å². The van der Waals surface area contributed by atoms with Gasteiger partial charge in [0.15, 0.2) is 0 Å². The summed E-state index contributed by atoms with van der Waals surface area (Å²) in [5.41, 5.74) is -0.0872. The van der Waals surface area contributed by atoms with E-state index in [1.807, 2.05) is 0 Å². The molecule has 0 spiro atoms. The molecule has 0 radical (unpaired) electrons. The number of piperazine rings is 1. The van der Waals surface area contributed by atoms with Gasteiger partial charge in [-0.25, -0.2) is 4.98 Å². The first kappa shape index (κ1) is 15.0. The topological polar surface area (TPSA) is 74.5 Å². The lowest BCUT2D eigenvalue weighted by Crippen LogP contribution is -2.45. The largest absolute Gasteiger partial charge is 0.363 e. The molecule has 0 unspecified atom stereocenters. The first-order valence-electron chi connectivity index (χ1n) is 6.51. The zero-order chi connectivity index (χ0) is 14.5. The smallest absolute Gasteiger partial charge is 0.312 e. The molecule has 1 saturated heterocycles. The van der Waals surface area contributed by atoms with E-state index in [1.54, 1.807) is 0 Å². The minimum Gasteiger partial charge on any atom is -0.363 e. The number of anilines is 1. The molecule has 7 nitrogen and oxygen atoms in total. The highest BCUT2D eigenvalue weighted by Crippen LogP contribution is 2.24. The predicted molar refractivity (Wildman–Crippen MR) is 78.3 cm³/mol. The maximum atomic E-state index is 10.9. The van der Waals surface area contributed by atoms with Gasteiger partial charge in [-0.2, -0.15) is 0 Å². The monoisotopic (exact) mass is 299 g/mol. The second kappa shape index (κ2) is 6.83.